The lowest BCUT2D eigenvalue weighted by Crippen LogP contribution is -2.23. The number of allylic oxidation sites excluding steroid dienone is 6. The van der Waals surface area contributed by atoms with Gasteiger partial charge in [0.1, 0.15) is 17.5 Å². The molecule has 2 heterocycles. The molecule has 1 N–H and O–H groups in total. The maximum atomic E-state index is 14.9. The highest BCUT2D eigenvalue weighted by atomic mass is 32.2. The van der Waals surface area contributed by atoms with E-state index in [0.717, 1.165) is 23.6 Å². The predicted octanol–water partition coefficient (Wildman–Crippen LogP) is 5.64. The molecule has 0 unspecified atom stereocenters. The summed E-state index contributed by atoms with van der Waals surface area (Å²) in [5.41, 5.74) is 3.71. The SMILES string of the molecule is CSNCc1ccc2c(c1)nc(-c1ccc(F)cc1F)n2-c1ccc(=O)n(C2=CC=CCC=C2C)n1. The van der Waals surface area contributed by atoms with Gasteiger partial charge in [-0.1, -0.05) is 36.2 Å². The van der Waals surface area contributed by atoms with Crippen LogP contribution in [0.4, 0.5) is 8.78 Å². The third-order valence-electron chi connectivity index (χ3n) is 5.91. The van der Waals surface area contributed by atoms with Crippen molar-refractivity contribution >= 4 is 28.7 Å². The van der Waals surface area contributed by atoms with Gasteiger partial charge in [-0.2, -0.15) is 4.68 Å². The number of rotatable bonds is 6. The summed E-state index contributed by atoms with van der Waals surface area (Å²) in [4.78, 5) is 17.5. The Balaban J connectivity index is 1.75. The van der Waals surface area contributed by atoms with Crippen molar-refractivity contribution in [2.75, 3.05) is 6.26 Å². The number of hydrogen-bond donors (Lipinski definition) is 1. The van der Waals surface area contributed by atoms with E-state index < -0.39 is 11.6 Å². The first kappa shape index (κ1) is 23.9. The van der Waals surface area contributed by atoms with E-state index in [4.69, 9.17) is 4.98 Å². The Kier molecular flexibility index (Phi) is 6.67. The van der Waals surface area contributed by atoms with Crippen molar-refractivity contribution in [3.8, 4) is 17.2 Å². The summed E-state index contributed by atoms with van der Waals surface area (Å²) in [7, 11) is 0. The normalized spacial score (nSPS) is 13.6. The van der Waals surface area contributed by atoms with Gasteiger partial charge in [-0.25, -0.2) is 13.8 Å². The van der Waals surface area contributed by atoms with Gasteiger partial charge >= 0.3 is 0 Å². The molecule has 182 valence electrons. The topological polar surface area (TPSA) is 64.7 Å². The average molecular weight is 504 g/mol. The van der Waals surface area contributed by atoms with Crippen LogP contribution in [0, 0.1) is 11.6 Å². The van der Waals surface area contributed by atoms with E-state index in [-0.39, 0.29) is 16.9 Å². The fourth-order valence-electron chi connectivity index (χ4n) is 4.12. The van der Waals surface area contributed by atoms with Gasteiger partial charge in [-0.15, -0.1) is 5.10 Å². The minimum Gasteiger partial charge on any atom is -0.275 e. The molecule has 0 aliphatic heterocycles. The lowest BCUT2D eigenvalue weighted by molar-refractivity contribution is 0.584. The van der Waals surface area contributed by atoms with E-state index in [2.05, 4.69) is 9.82 Å². The van der Waals surface area contributed by atoms with Crippen molar-refractivity contribution in [3.05, 3.63) is 106 Å². The summed E-state index contributed by atoms with van der Waals surface area (Å²) >= 11 is 1.51. The maximum absolute atomic E-state index is 14.9. The van der Waals surface area contributed by atoms with Crippen LogP contribution in [0.1, 0.15) is 18.9 Å². The fourth-order valence-corrected chi connectivity index (χ4v) is 4.44. The number of benzene rings is 2. The smallest absolute Gasteiger partial charge is 0.271 e. The van der Waals surface area contributed by atoms with Gasteiger partial charge in [-0.3, -0.25) is 14.1 Å². The third kappa shape index (κ3) is 4.55. The zero-order chi connectivity index (χ0) is 25.2. The highest BCUT2D eigenvalue weighted by Crippen LogP contribution is 2.30. The largest absolute Gasteiger partial charge is 0.275 e. The second kappa shape index (κ2) is 10.0. The van der Waals surface area contributed by atoms with Crippen LogP contribution in [0.3, 0.4) is 0 Å². The Morgan fingerprint density at radius 3 is 2.78 bits per heavy atom. The molecule has 0 spiro atoms. The molecule has 4 aromatic rings. The molecule has 2 aromatic carbocycles. The maximum Gasteiger partial charge on any atom is 0.271 e. The molecule has 5 rings (SSSR count). The number of fused-ring (bicyclic) bond motifs is 1. The van der Waals surface area contributed by atoms with Crippen LogP contribution in [0.25, 0.3) is 33.9 Å². The minimum atomic E-state index is -0.737. The zero-order valence-corrected chi connectivity index (χ0v) is 20.5. The molecule has 36 heavy (non-hydrogen) atoms. The molecule has 2 aromatic heterocycles. The second-order valence-corrected chi connectivity index (χ2v) is 8.98. The number of halogens is 2. The summed E-state index contributed by atoms with van der Waals surface area (Å²) in [5, 5.41) is 4.66. The molecule has 0 amide bonds. The molecule has 0 fully saturated rings. The summed E-state index contributed by atoms with van der Waals surface area (Å²) in [6.07, 6.45) is 10.4. The lowest BCUT2D eigenvalue weighted by Gasteiger charge is -2.14. The van der Waals surface area contributed by atoms with E-state index >= 15 is 0 Å². The van der Waals surface area contributed by atoms with Gasteiger partial charge in [0, 0.05) is 18.7 Å². The van der Waals surface area contributed by atoms with Crippen LogP contribution in [0.15, 0.2) is 83.2 Å². The van der Waals surface area contributed by atoms with Crippen LogP contribution in [0.2, 0.25) is 0 Å². The monoisotopic (exact) mass is 503 g/mol. The summed E-state index contributed by atoms with van der Waals surface area (Å²) in [6, 6.07) is 12.2. The molecular formula is C27H23F2N5OS. The van der Waals surface area contributed by atoms with E-state index in [9.17, 15) is 13.6 Å². The Morgan fingerprint density at radius 1 is 1.11 bits per heavy atom. The molecule has 0 bridgehead atoms. The lowest BCUT2D eigenvalue weighted by atomic mass is 10.2. The molecule has 1 aliphatic carbocycles. The number of aromatic nitrogens is 4. The molecule has 1 aliphatic rings. The van der Waals surface area contributed by atoms with Crippen LogP contribution >= 0.6 is 11.9 Å². The number of nitrogens with one attached hydrogen (secondary N) is 1. The van der Waals surface area contributed by atoms with Crippen LogP contribution in [-0.4, -0.2) is 25.6 Å². The van der Waals surface area contributed by atoms with Gasteiger partial charge in [0.25, 0.3) is 5.56 Å². The highest BCUT2D eigenvalue weighted by molar-refractivity contribution is 7.96. The van der Waals surface area contributed by atoms with Gasteiger partial charge in [0.15, 0.2) is 5.82 Å². The van der Waals surface area contributed by atoms with Crippen molar-refractivity contribution in [3.63, 3.8) is 0 Å². The Morgan fingerprint density at radius 2 is 1.97 bits per heavy atom. The first-order valence-electron chi connectivity index (χ1n) is 11.3. The number of imidazole rings is 1. The number of hydrogen-bond acceptors (Lipinski definition) is 5. The third-order valence-corrected chi connectivity index (χ3v) is 6.34. The number of nitrogens with zero attached hydrogens (tertiary/aromatic N) is 4. The Hall–Kier alpha value is -3.82. The van der Waals surface area contributed by atoms with Crippen LogP contribution in [0.5, 0.6) is 0 Å². The molecule has 9 heteroatoms. The standard InChI is InChI=1S/C27H23F2N5OS/c1-17-6-4-3-5-7-23(17)34-26(35)13-12-25(32-34)33-24-11-8-18(16-30-36-2)14-22(24)31-27(33)20-10-9-19(28)15-21(20)29/h3,5-15,30H,4,16H2,1-2H3. The predicted molar refractivity (Wildman–Crippen MR) is 141 cm³/mol. The van der Waals surface area contributed by atoms with E-state index in [0.29, 0.717) is 29.1 Å². The van der Waals surface area contributed by atoms with E-state index in [1.807, 2.05) is 55.7 Å². The van der Waals surface area contributed by atoms with Gasteiger partial charge in [-0.05, 0) is 67.1 Å². The molecule has 0 saturated carbocycles. The highest BCUT2D eigenvalue weighted by Gasteiger charge is 2.20. The van der Waals surface area contributed by atoms with E-state index in [1.54, 1.807) is 10.6 Å². The molecular weight excluding hydrogens is 480 g/mol. The second-order valence-electron chi connectivity index (χ2n) is 8.29. The minimum absolute atomic E-state index is 0.128. The van der Waals surface area contributed by atoms with Crippen LogP contribution < -0.4 is 10.3 Å². The summed E-state index contributed by atoms with van der Waals surface area (Å²) in [6.45, 7) is 2.55. The van der Waals surface area contributed by atoms with Crippen molar-refractivity contribution in [2.24, 2.45) is 0 Å². The van der Waals surface area contributed by atoms with Crippen molar-refractivity contribution in [1.29, 1.82) is 0 Å². The quantitative estimate of drug-likeness (QED) is 0.345. The summed E-state index contributed by atoms with van der Waals surface area (Å²) < 4.78 is 34.9. The molecule has 0 atom stereocenters. The van der Waals surface area contributed by atoms with Crippen molar-refractivity contribution in [2.45, 2.75) is 19.9 Å². The van der Waals surface area contributed by atoms with Gasteiger partial charge in [0.2, 0.25) is 0 Å². The fraction of sp³-hybridized carbons (Fsp3) is 0.148. The first-order valence-corrected chi connectivity index (χ1v) is 12.6. The van der Waals surface area contributed by atoms with Crippen LogP contribution in [-0.2, 0) is 6.54 Å². The van der Waals surface area contributed by atoms with Crippen molar-refractivity contribution < 1.29 is 8.78 Å². The summed E-state index contributed by atoms with van der Waals surface area (Å²) in [5.74, 6) is -0.768. The molecule has 6 nitrogen and oxygen atoms in total. The van der Waals surface area contributed by atoms with Gasteiger partial charge in [0.05, 0.1) is 22.3 Å². The first-order chi connectivity index (χ1) is 17.5. The zero-order valence-electron chi connectivity index (χ0n) is 19.7. The van der Waals surface area contributed by atoms with E-state index in [1.165, 1.54) is 34.8 Å². The molecule has 0 saturated heterocycles. The molecule has 0 radical (unpaired) electrons. The Bertz CT molecular complexity index is 1620. The Labute approximate surface area is 210 Å². The van der Waals surface area contributed by atoms with Gasteiger partial charge < -0.3 is 0 Å². The van der Waals surface area contributed by atoms with Crippen molar-refractivity contribution in [1.82, 2.24) is 24.1 Å². The average Bonchev–Trinajstić information content (AvgIpc) is 3.10.